The molecule has 1 N–H and O–H groups in total. The van der Waals surface area contributed by atoms with E-state index in [1.54, 1.807) is 11.3 Å². The van der Waals surface area contributed by atoms with Crippen molar-refractivity contribution < 1.29 is 8.42 Å². The summed E-state index contributed by atoms with van der Waals surface area (Å²) in [6, 6.07) is 2.01. The number of hydrogen-bond donors (Lipinski definition) is 1. The molecule has 0 spiro atoms. The van der Waals surface area contributed by atoms with Crippen LogP contribution in [-0.2, 0) is 23.0 Å². The van der Waals surface area contributed by atoms with Crippen LogP contribution < -0.4 is 4.72 Å². The summed E-state index contributed by atoms with van der Waals surface area (Å²) in [6.45, 7) is 2.39. The summed E-state index contributed by atoms with van der Waals surface area (Å²) >= 11 is 6.82. The third kappa shape index (κ3) is 3.24. The Labute approximate surface area is 93.1 Å². The van der Waals surface area contributed by atoms with E-state index >= 15 is 0 Å². The van der Waals surface area contributed by atoms with E-state index in [-0.39, 0.29) is 5.21 Å². The minimum absolute atomic E-state index is 0.343. The summed E-state index contributed by atoms with van der Waals surface area (Å²) in [5.41, 5.74) is 1.19. The van der Waals surface area contributed by atoms with E-state index in [1.165, 1.54) is 5.56 Å². The van der Waals surface area contributed by atoms with Gasteiger partial charge in [-0.15, -0.1) is 22.9 Å². The zero-order valence-electron chi connectivity index (χ0n) is 7.79. The molecule has 0 saturated heterocycles. The van der Waals surface area contributed by atoms with Crippen molar-refractivity contribution in [2.75, 3.05) is 5.21 Å². The van der Waals surface area contributed by atoms with Crippen LogP contribution in [0.4, 0.5) is 0 Å². The van der Waals surface area contributed by atoms with Crippen molar-refractivity contribution in [2.45, 2.75) is 19.9 Å². The zero-order chi connectivity index (χ0) is 10.6. The molecule has 0 atom stereocenters. The number of halogens is 1. The van der Waals surface area contributed by atoms with Crippen molar-refractivity contribution in [1.82, 2.24) is 4.72 Å². The molecule has 3 nitrogen and oxygen atoms in total. The molecule has 0 aromatic carbocycles. The van der Waals surface area contributed by atoms with Gasteiger partial charge in [-0.2, -0.15) is 0 Å². The Morgan fingerprint density at radius 2 is 2.29 bits per heavy atom. The molecule has 0 unspecified atom stereocenters. The minimum Gasteiger partial charge on any atom is -0.211 e. The van der Waals surface area contributed by atoms with Crippen LogP contribution in [0.15, 0.2) is 11.4 Å². The molecule has 1 heterocycles. The van der Waals surface area contributed by atoms with Gasteiger partial charge in [0.2, 0.25) is 10.0 Å². The van der Waals surface area contributed by atoms with E-state index in [0.717, 1.165) is 11.3 Å². The molecule has 1 rings (SSSR count). The molecule has 6 heteroatoms. The largest absolute Gasteiger partial charge is 0.225 e. The lowest BCUT2D eigenvalue weighted by atomic mass is 10.2. The molecule has 0 aliphatic rings. The summed E-state index contributed by atoms with van der Waals surface area (Å²) in [7, 11) is -3.30. The molecule has 80 valence electrons. The highest BCUT2D eigenvalue weighted by Gasteiger charge is 2.09. The van der Waals surface area contributed by atoms with Gasteiger partial charge >= 0.3 is 0 Å². The number of nitrogens with one attached hydrogen (secondary N) is 1. The van der Waals surface area contributed by atoms with E-state index in [9.17, 15) is 8.42 Å². The van der Waals surface area contributed by atoms with Crippen molar-refractivity contribution in [3.8, 4) is 0 Å². The van der Waals surface area contributed by atoms with Gasteiger partial charge in [0.15, 0.2) is 0 Å². The molecule has 0 saturated carbocycles. The first-order chi connectivity index (χ1) is 6.59. The SMILES string of the molecule is CCc1ccsc1CNS(=O)(=O)CCl. The lowest BCUT2D eigenvalue weighted by Gasteiger charge is -2.03. The van der Waals surface area contributed by atoms with Crippen molar-refractivity contribution >= 4 is 33.0 Å². The molecule has 0 radical (unpaired) electrons. The molecular formula is C8H12ClNO2S2. The summed E-state index contributed by atoms with van der Waals surface area (Å²) in [5.74, 6) is 0. The second kappa shape index (κ2) is 5.11. The van der Waals surface area contributed by atoms with Gasteiger partial charge in [-0.3, -0.25) is 0 Å². The third-order valence-corrected chi connectivity index (χ3v) is 4.51. The van der Waals surface area contributed by atoms with Crippen LogP contribution in [0.5, 0.6) is 0 Å². The fourth-order valence-electron chi connectivity index (χ4n) is 1.05. The van der Waals surface area contributed by atoms with Gasteiger partial charge in [-0.1, -0.05) is 6.92 Å². The Balaban J connectivity index is 2.62. The van der Waals surface area contributed by atoms with Gasteiger partial charge in [0.1, 0.15) is 5.21 Å². The first-order valence-corrected chi connectivity index (χ1v) is 7.24. The maximum absolute atomic E-state index is 11.1. The first kappa shape index (κ1) is 12.0. The van der Waals surface area contributed by atoms with Crippen molar-refractivity contribution in [2.24, 2.45) is 0 Å². The van der Waals surface area contributed by atoms with Crippen LogP contribution >= 0.6 is 22.9 Å². The predicted molar refractivity (Wildman–Crippen MR) is 60.2 cm³/mol. The van der Waals surface area contributed by atoms with Crippen molar-refractivity contribution in [3.05, 3.63) is 21.9 Å². The number of hydrogen-bond acceptors (Lipinski definition) is 3. The zero-order valence-corrected chi connectivity index (χ0v) is 10.2. The molecule has 0 aliphatic carbocycles. The van der Waals surface area contributed by atoms with E-state index in [0.29, 0.717) is 6.54 Å². The van der Waals surface area contributed by atoms with Crippen LogP contribution in [-0.4, -0.2) is 13.6 Å². The molecule has 0 aliphatic heterocycles. The second-order valence-corrected chi connectivity index (χ2v) is 6.16. The molecule has 0 fully saturated rings. The fraction of sp³-hybridized carbons (Fsp3) is 0.500. The highest BCUT2D eigenvalue weighted by Crippen LogP contribution is 2.17. The Morgan fingerprint density at radius 3 is 2.86 bits per heavy atom. The Morgan fingerprint density at radius 1 is 1.57 bits per heavy atom. The van der Waals surface area contributed by atoms with E-state index in [2.05, 4.69) is 4.72 Å². The number of aryl methyl sites for hydroxylation is 1. The van der Waals surface area contributed by atoms with Gasteiger partial charge in [-0.05, 0) is 23.4 Å². The van der Waals surface area contributed by atoms with Gasteiger partial charge in [0.25, 0.3) is 0 Å². The Hall–Kier alpha value is -0.100. The summed E-state index contributed by atoms with van der Waals surface area (Å²) in [5, 5.41) is 1.57. The lowest BCUT2D eigenvalue weighted by molar-refractivity contribution is 0.586. The number of rotatable bonds is 5. The van der Waals surface area contributed by atoms with E-state index < -0.39 is 10.0 Å². The smallest absolute Gasteiger partial charge is 0.211 e. The van der Waals surface area contributed by atoms with Crippen molar-refractivity contribution in [3.63, 3.8) is 0 Å². The summed E-state index contributed by atoms with van der Waals surface area (Å²) < 4.78 is 24.5. The van der Waals surface area contributed by atoms with Gasteiger partial charge in [0, 0.05) is 11.4 Å². The maximum atomic E-state index is 11.1. The number of sulfonamides is 1. The predicted octanol–water partition coefficient (Wildman–Crippen LogP) is 1.93. The molecule has 14 heavy (non-hydrogen) atoms. The average molecular weight is 254 g/mol. The highest BCUT2D eigenvalue weighted by atomic mass is 35.5. The maximum Gasteiger partial charge on any atom is 0.225 e. The fourth-order valence-corrected chi connectivity index (χ4v) is 2.73. The average Bonchev–Trinajstić information content (AvgIpc) is 2.62. The van der Waals surface area contributed by atoms with Gasteiger partial charge in [0.05, 0.1) is 0 Å². The van der Waals surface area contributed by atoms with Crippen LogP contribution in [0.3, 0.4) is 0 Å². The summed E-state index contributed by atoms with van der Waals surface area (Å²) in [4.78, 5) is 1.06. The first-order valence-electron chi connectivity index (χ1n) is 4.17. The molecule has 0 bridgehead atoms. The normalized spacial score (nSPS) is 11.9. The third-order valence-electron chi connectivity index (χ3n) is 1.81. The Kier molecular flexibility index (Phi) is 4.37. The molecular weight excluding hydrogens is 242 g/mol. The minimum atomic E-state index is -3.30. The highest BCUT2D eigenvalue weighted by molar-refractivity contribution is 7.90. The Bertz CT molecular complexity index is 386. The van der Waals surface area contributed by atoms with Crippen LogP contribution in [0.1, 0.15) is 17.4 Å². The van der Waals surface area contributed by atoms with Crippen molar-refractivity contribution in [1.29, 1.82) is 0 Å². The number of alkyl halides is 1. The van der Waals surface area contributed by atoms with Crippen LogP contribution in [0.25, 0.3) is 0 Å². The standard InChI is InChI=1S/C8H12ClNO2S2/c1-2-7-3-4-13-8(7)5-10-14(11,12)6-9/h3-4,10H,2,5-6H2,1H3. The lowest BCUT2D eigenvalue weighted by Crippen LogP contribution is -2.23. The molecule has 1 aromatic rings. The topological polar surface area (TPSA) is 46.2 Å². The quantitative estimate of drug-likeness (QED) is 0.815. The monoisotopic (exact) mass is 253 g/mol. The number of thiophene rings is 1. The van der Waals surface area contributed by atoms with Gasteiger partial charge < -0.3 is 0 Å². The molecule has 1 aromatic heterocycles. The summed E-state index contributed by atoms with van der Waals surface area (Å²) in [6.07, 6.45) is 0.918. The van der Waals surface area contributed by atoms with E-state index in [1.807, 2.05) is 18.4 Å². The molecule has 0 amide bonds. The second-order valence-electron chi connectivity index (χ2n) is 2.77. The van der Waals surface area contributed by atoms with Gasteiger partial charge in [-0.25, -0.2) is 13.1 Å². The van der Waals surface area contributed by atoms with Crippen LogP contribution in [0.2, 0.25) is 0 Å². The van der Waals surface area contributed by atoms with E-state index in [4.69, 9.17) is 11.6 Å². The van der Waals surface area contributed by atoms with Crippen LogP contribution in [0, 0.1) is 0 Å².